The van der Waals surface area contributed by atoms with Gasteiger partial charge in [-0.25, -0.2) is 9.97 Å². The average molecular weight is 390 g/mol. The smallest absolute Gasteiger partial charge is 0.259 e. The van der Waals surface area contributed by atoms with Crippen molar-refractivity contribution in [1.82, 2.24) is 15.0 Å². The summed E-state index contributed by atoms with van der Waals surface area (Å²) in [5, 5.41) is 5.12. The molecule has 0 spiro atoms. The van der Waals surface area contributed by atoms with Gasteiger partial charge in [0.05, 0.1) is 11.1 Å². The number of ketones is 1. The molecule has 0 atom stereocenters. The van der Waals surface area contributed by atoms with E-state index >= 15 is 0 Å². The van der Waals surface area contributed by atoms with Crippen LogP contribution in [0.4, 0.5) is 5.13 Å². The number of fused-ring (bicyclic) bond motifs is 2. The van der Waals surface area contributed by atoms with Gasteiger partial charge in [0.2, 0.25) is 0 Å². The molecular formula is C20H14N4O3S. The van der Waals surface area contributed by atoms with Gasteiger partial charge in [-0.2, -0.15) is 0 Å². The van der Waals surface area contributed by atoms with Crippen LogP contribution in [0, 0.1) is 0 Å². The minimum atomic E-state index is -0.261. The highest BCUT2D eigenvalue weighted by Crippen LogP contribution is 2.30. The fourth-order valence-electron chi connectivity index (χ4n) is 3.23. The molecule has 0 radical (unpaired) electrons. The molecule has 0 saturated heterocycles. The second-order valence-corrected chi connectivity index (χ2v) is 7.30. The number of amides is 1. The second kappa shape index (κ2) is 6.58. The summed E-state index contributed by atoms with van der Waals surface area (Å²) in [7, 11) is 0. The summed E-state index contributed by atoms with van der Waals surface area (Å²) in [6, 6.07) is 11.0. The van der Waals surface area contributed by atoms with E-state index in [4.69, 9.17) is 4.74 Å². The molecule has 28 heavy (non-hydrogen) atoms. The van der Waals surface area contributed by atoms with E-state index in [-0.39, 0.29) is 18.3 Å². The first kappa shape index (κ1) is 16.6. The van der Waals surface area contributed by atoms with E-state index in [1.807, 2.05) is 24.3 Å². The van der Waals surface area contributed by atoms with Crippen LogP contribution >= 0.6 is 11.3 Å². The molecule has 7 nitrogen and oxygen atoms in total. The Labute approximate surface area is 163 Å². The van der Waals surface area contributed by atoms with Gasteiger partial charge < -0.3 is 9.72 Å². The molecule has 4 aromatic rings. The van der Waals surface area contributed by atoms with Crippen LogP contribution in [0.25, 0.3) is 22.4 Å². The number of H-pyrrole nitrogens is 1. The first-order valence-corrected chi connectivity index (χ1v) is 9.53. The average Bonchev–Trinajstić information content (AvgIpc) is 3.36. The number of anilines is 1. The summed E-state index contributed by atoms with van der Waals surface area (Å²) < 4.78 is 5.45. The number of aromatic nitrogens is 3. The van der Waals surface area contributed by atoms with E-state index in [1.165, 1.54) is 11.3 Å². The summed E-state index contributed by atoms with van der Waals surface area (Å²) in [6.07, 6.45) is 1.99. The predicted molar refractivity (Wildman–Crippen MR) is 106 cm³/mol. The lowest BCUT2D eigenvalue weighted by Crippen LogP contribution is -2.20. The highest BCUT2D eigenvalue weighted by molar-refractivity contribution is 7.13. The molecule has 1 aliphatic rings. The third kappa shape index (κ3) is 2.93. The number of hydrogen-bond acceptors (Lipinski definition) is 6. The van der Waals surface area contributed by atoms with Crippen LogP contribution in [0.15, 0.2) is 48.0 Å². The number of thiazole rings is 1. The molecule has 0 saturated carbocycles. The number of hydrogen-bond donors (Lipinski definition) is 2. The lowest BCUT2D eigenvalue weighted by molar-refractivity contribution is -0.121. The third-order valence-corrected chi connectivity index (χ3v) is 5.21. The van der Waals surface area contributed by atoms with Gasteiger partial charge >= 0.3 is 0 Å². The zero-order chi connectivity index (χ0) is 19.1. The lowest BCUT2D eigenvalue weighted by Gasteiger charge is -2.16. The highest BCUT2D eigenvalue weighted by Gasteiger charge is 2.19. The van der Waals surface area contributed by atoms with Crippen molar-refractivity contribution in [3.8, 4) is 17.1 Å². The Bertz CT molecular complexity index is 1210. The quantitative estimate of drug-likeness (QED) is 0.558. The molecule has 1 aliphatic heterocycles. The maximum absolute atomic E-state index is 12.6. The lowest BCUT2D eigenvalue weighted by atomic mass is 10.0. The molecule has 5 rings (SSSR count). The number of nitrogens with one attached hydrogen (secondary N) is 2. The largest absolute Gasteiger partial charge is 0.486 e. The predicted octanol–water partition coefficient (Wildman–Crippen LogP) is 3.44. The summed E-state index contributed by atoms with van der Waals surface area (Å²) in [4.78, 5) is 36.3. The van der Waals surface area contributed by atoms with Gasteiger partial charge in [0.25, 0.3) is 5.91 Å². The van der Waals surface area contributed by atoms with Crippen LogP contribution in [0.5, 0.6) is 5.75 Å². The maximum Gasteiger partial charge on any atom is 0.259 e. The van der Waals surface area contributed by atoms with Crippen LogP contribution in [0.3, 0.4) is 0 Å². The third-order valence-electron chi connectivity index (χ3n) is 4.52. The van der Waals surface area contributed by atoms with E-state index in [2.05, 4.69) is 20.3 Å². The van der Waals surface area contributed by atoms with Gasteiger partial charge in [0.15, 0.2) is 10.9 Å². The molecule has 0 unspecified atom stereocenters. The molecule has 0 bridgehead atoms. The van der Waals surface area contributed by atoms with E-state index in [0.29, 0.717) is 28.5 Å². The van der Waals surface area contributed by atoms with Crippen molar-refractivity contribution in [3.05, 3.63) is 59.1 Å². The van der Waals surface area contributed by atoms with E-state index in [9.17, 15) is 9.59 Å². The number of imidazole rings is 1. The van der Waals surface area contributed by atoms with Gasteiger partial charge in [0.1, 0.15) is 23.7 Å². The van der Waals surface area contributed by atoms with Gasteiger partial charge in [0, 0.05) is 29.1 Å². The van der Waals surface area contributed by atoms with Gasteiger partial charge in [-0.15, -0.1) is 11.3 Å². The Hall–Kier alpha value is -3.52. The number of carbonyl (C=O) groups excluding carboxylic acids is 2. The number of benzene rings is 2. The van der Waals surface area contributed by atoms with Crippen LogP contribution in [0.1, 0.15) is 15.9 Å². The topological polar surface area (TPSA) is 97.0 Å². The van der Waals surface area contributed by atoms with E-state index in [1.54, 1.807) is 23.7 Å². The number of carbonyl (C=O) groups is 2. The van der Waals surface area contributed by atoms with Gasteiger partial charge in [-0.05, 0) is 30.3 Å². The van der Waals surface area contributed by atoms with Crippen LogP contribution in [-0.4, -0.2) is 33.2 Å². The van der Waals surface area contributed by atoms with Crippen molar-refractivity contribution in [2.75, 3.05) is 11.9 Å². The maximum atomic E-state index is 12.6. The Morgan fingerprint density at radius 2 is 2.18 bits per heavy atom. The van der Waals surface area contributed by atoms with Crippen molar-refractivity contribution < 1.29 is 14.3 Å². The number of rotatable bonds is 3. The number of Topliss-reactive ketones (excluding diaryl/α,β-unsaturated/α-hetero) is 1. The number of ether oxygens (including phenoxy) is 1. The van der Waals surface area contributed by atoms with Crippen LogP contribution < -0.4 is 10.1 Å². The zero-order valence-corrected chi connectivity index (χ0v) is 15.4. The van der Waals surface area contributed by atoms with Crippen molar-refractivity contribution >= 4 is 39.2 Å². The number of para-hydroxylation sites is 1. The van der Waals surface area contributed by atoms with Gasteiger partial charge in [-0.1, -0.05) is 6.07 Å². The van der Waals surface area contributed by atoms with Crippen molar-refractivity contribution in [1.29, 1.82) is 0 Å². The second-order valence-electron chi connectivity index (χ2n) is 6.41. The standard InChI is InChI=1S/C20H14N4O3S/c25-13-9-12-8-11(4-5-16(12)27-10-13)18-22-15-3-1-2-14(17(15)23-18)19(26)24-20-21-6-7-28-20/h1-8H,9-10H2,(H,22,23)(H,21,24,26). The highest BCUT2D eigenvalue weighted by atomic mass is 32.1. The minimum Gasteiger partial charge on any atom is -0.486 e. The molecule has 138 valence electrons. The monoisotopic (exact) mass is 390 g/mol. The zero-order valence-electron chi connectivity index (χ0n) is 14.6. The first-order valence-electron chi connectivity index (χ1n) is 8.65. The van der Waals surface area contributed by atoms with Crippen molar-refractivity contribution in [2.24, 2.45) is 0 Å². The minimum absolute atomic E-state index is 0.0513. The summed E-state index contributed by atoms with van der Waals surface area (Å²) in [5.41, 5.74) is 3.48. The summed E-state index contributed by atoms with van der Waals surface area (Å²) in [5.74, 6) is 1.15. The fourth-order valence-corrected chi connectivity index (χ4v) is 3.75. The van der Waals surface area contributed by atoms with Gasteiger partial charge in [-0.3, -0.25) is 14.9 Å². The van der Waals surface area contributed by atoms with Crippen LogP contribution in [-0.2, 0) is 11.2 Å². The Kier molecular flexibility index (Phi) is 3.91. The van der Waals surface area contributed by atoms with E-state index in [0.717, 1.165) is 22.4 Å². The molecule has 1 amide bonds. The Morgan fingerprint density at radius 3 is 3.04 bits per heavy atom. The van der Waals surface area contributed by atoms with Crippen molar-refractivity contribution in [3.63, 3.8) is 0 Å². The van der Waals surface area contributed by atoms with Crippen LogP contribution in [0.2, 0.25) is 0 Å². The summed E-state index contributed by atoms with van der Waals surface area (Å²) in [6.45, 7) is 0.120. The molecule has 2 aromatic carbocycles. The molecule has 3 heterocycles. The number of aromatic amines is 1. The molecule has 2 N–H and O–H groups in total. The molecule has 2 aromatic heterocycles. The molecule has 8 heteroatoms. The first-order chi connectivity index (χ1) is 13.7. The normalized spacial score (nSPS) is 13.2. The SMILES string of the molecule is O=C1COc2ccc(-c3nc4c(C(=O)Nc5nccs5)cccc4[nH]3)cc2C1. The Morgan fingerprint density at radius 1 is 1.25 bits per heavy atom. The Balaban J connectivity index is 1.53. The fraction of sp³-hybridized carbons (Fsp3) is 0.100. The van der Waals surface area contributed by atoms with E-state index < -0.39 is 0 Å². The molecule has 0 aliphatic carbocycles. The molecular weight excluding hydrogens is 376 g/mol. The molecule has 0 fully saturated rings. The summed E-state index contributed by atoms with van der Waals surface area (Å²) >= 11 is 1.36. The van der Waals surface area contributed by atoms with Crippen molar-refractivity contribution in [2.45, 2.75) is 6.42 Å². The number of nitrogens with zero attached hydrogens (tertiary/aromatic N) is 2.